The number of halogens is 3. The highest BCUT2D eigenvalue weighted by Crippen LogP contribution is 2.29. The van der Waals surface area contributed by atoms with Crippen molar-refractivity contribution in [3.8, 4) is 5.75 Å². The molecule has 1 rings (SSSR count). The highest BCUT2D eigenvalue weighted by atomic mass is 19.4. The van der Waals surface area contributed by atoms with Crippen LogP contribution in [0.15, 0.2) is 24.3 Å². The first-order chi connectivity index (χ1) is 8.39. The molecule has 0 amide bonds. The molecule has 0 spiro atoms. The molecule has 0 aliphatic rings. The lowest BCUT2D eigenvalue weighted by molar-refractivity contribution is -0.147. The van der Waals surface area contributed by atoms with Gasteiger partial charge in [0, 0.05) is 12.1 Å². The monoisotopic (exact) mass is 262 g/mol. The van der Waals surface area contributed by atoms with Gasteiger partial charge in [0.15, 0.2) is 0 Å². The minimum absolute atomic E-state index is 0.0902. The number of para-hydroxylation sites is 1. The molecule has 0 radical (unpaired) electrons. The van der Waals surface area contributed by atoms with Gasteiger partial charge in [0.1, 0.15) is 5.75 Å². The van der Waals surface area contributed by atoms with E-state index < -0.39 is 18.8 Å². The summed E-state index contributed by atoms with van der Waals surface area (Å²) in [6.45, 7) is -0.917. The molecule has 1 atom stereocenters. The summed E-state index contributed by atoms with van der Waals surface area (Å²) < 4.78 is 42.3. The highest BCUT2D eigenvalue weighted by molar-refractivity contribution is 5.36. The molecular weight excluding hydrogens is 245 g/mol. The zero-order valence-electron chi connectivity index (χ0n) is 10.4. The summed E-state index contributed by atoms with van der Waals surface area (Å²) >= 11 is 0. The maximum atomic E-state index is 12.4. The summed E-state index contributed by atoms with van der Waals surface area (Å²) in [5.41, 5.74) is 6.24. The largest absolute Gasteiger partial charge is 0.496 e. The molecule has 1 aromatic carbocycles. The highest BCUT2D eigenvalue weighted by Gasteiger charge is 2.32. The average molecular weight is 262 g/mol. The van der Waals surface area contributed by atoms with Crippen LogP contribution in [-0.4, -0.2) is 38.3 Å². The molecule has 1 aromatic rings. The van der Waals surface area contributed by atoms with Crippen molar-refractivity contribution in [1.29, 1.82) is 0 Å². The van der Waals surface area contributed by atoms with Crippen molar-refractivity contribution in [2.45, 2.75) is 12.2 Å². The number of likely N-dealkylation sites (N-methyl/N-ethyl adjacent to an activating group) is 1. The Bertz CT molecular complexity index is 382. The van der Waals surface area contributed by atoms with Crippen LogP contribution >= 0.6 is 0 Å². The van der Waals surface area contributed by atoms with Crippen LogP contribution < -0.4 is 10.5 Å². The van der Waals surface area contributed by atoms with Gasteiger partial charge in [-0.05, 0) is 13.1 Å². The maximum Gasteiger partial charge on any atom is 0.401 e. The summed E-state index contributed by atoms with van der Waals surface area (Å²) in [6.07, 6.45) is -4.25. The van der Waals surface area contributed by atoms with E-state index in [1.54, 1.807) is 24.3 Å². The average Bonchev–Trinajstić information content (AvgIpc) is 2.28. The topological polar surface area (TPSA) is 38.5 Å². The van der Waals surface area contributed by atoms with E-state index in [9.17, 15) is 13.2 Å². The van der Waals surface area contributed by atoms with Gasteiger partial charge in [-0.2, -0.15) is 13.2 Å². The minimum atomic E-state index is -4.25. The number of alkyl halides is 3. The molecule has 0 aliphatic heterocycles. The van der Waals surface area contributed by atoms with Crippen LogP contribution in [0.5, 0.6) is 5.75 Å². The molecule has 102 valence electrons. The van der Waals surface area contributed by atoms with E-state index in [0.29, 0.717) is 11.3 Å². The third-order valence-corrected chi connectivity index (χ3v) is 2.68. The Hall–Kier alpha value is -1.27. The van der Waals surface area contributed by atoms with E-state index in [2.05, 4.69) is 0 Å². The normalized spacial score (nSPS) is 13.7. The van der Waals surface area contributed by atoms with Crippen LogP contribution in [0.2, 0.25) is 0 Å². The van der Waals surface area contributed by atoms with Crippen LogP contribution in [0.3, 0.4) is 0 Å². The van der Waals surface area contributed by atoms with E-state index in [-0.39, 0.29) is 6.54 Å². The molecule has 0 bridgehead atoms. The molecule has 6 heteroatoms. The first-order valence-electron chi connectivity index (χ1n) is 5.49. The third kappa shape index (κ3) is 3.89. The standard InChI is InChI=1S/C12H17F3N2O/c1-17(8-12(13,14)15)10(7-16)9-5-3-4-6-11(9)18-2/h3-6,10H,7-8,16H2,1-2H3. The second kappa shape index (κ2) is 6.06. The van der Waals surface area contributed by atoms with Crippen molar-refractivity contribution in [3.63, 3.8) is 0 Å². The smallest absolute Gasteiger partial charge is 0.401 e. The zero-order chi connectivity index (χ0) is 13.8. The Morgan fingerprint density at radius 3 is 2.44 bits per heavy atom. The molecule has 0 heterocycles. The lowest BCUT2D eigenvalue weighted by Crippen LogP contribution is -2.37. The molecule has 18 heavy (non-hydrogen) atoms. The number of hydrogen-bond acceptors (Lipinski definition) is 3. The SMILES string of the molecule is COc1ccccc1C(CN)N(C)CC(F)(F)F. The van der Waals surface area contributed by atoms with E-state index in [1.165, 1.54) is 19.1 Å². The predicted molar refractivity (Wildman–Crippen MR) is 63.5 cm³/mol. The molecular formula is C12H17F3N2O. The Morgan fingerprint density at radius 2 is 1.94 bits per heavy atom. The number of ether oxygens (including phenoxy) is 1. The predicted octanol–water partition coefficient (Wildman–Crippen LogP) is 2.19. The summed E-state index contributed by atoms with van der Waals surface area (Å²) in [7, 11) is 2.88. The number of benzene rings is 1. The van der Waals surface area contributed by atoms with Gasteiger partial charge in [-0.25, -0.2) is 0 Å². The first-order valence-corrected chi connectivity index (χ1v) is 5.49. The lowest BCUT2D eigenvalue weighted by atomic mass is 10.0. The number of nitrogens with two attached hydrogens (primary N) is 1. The van der Waals surface area contributed by atoms with Crippen molar-refractivity contribution in [2.24, 2.45) is 5.73 Å². The Morgan fingerprint density at radius 1 is 1.33 bits per heavy atom. The Balaban J connectivity index is 2.95. The fourth-order valence-corrected chi connectivity index (χ4v) is 1.88. The van der Waals surface area contributed by atoms with Gasteiger partial charge in [-0.1, -0.05) is 18.2 Å². The summed E-state index contributed by atoms with van der Waals surface area (Å²) in [5.74, 6) is 0.543. The van der Waals surface area contributed by atoms with Crippen molar-refractivity contribution in [3.05, 3.63) is 29.8 Å². The van der Waals surface area contributed by atoms with Gasteiger partial charge in [-0.15, -0.1) is 0 Å². The fraction of sp³-hybridized carbons (Fsp3) is 0.500. The van der Waals surface area contributed by atoms with Crippen LogP contribution in [-0.2, 0) is 0 Å². The first kappa shape index (κ1) is 14.8. The summed E-state index contributed by atoms with van der Waals surface area (Å²) in [5, 5.41) is 0. The van der Waals surface area contributed by atoms with Gasteiger partial charge in [0.2, 0.25) is 0 Å². The van der Waals surface area contributed by atoms with Crippen molar-refractivity contribution >= 4 is 0 Å². The van der Waals surface area contributed by atoms with Crippen molar-refractivity contribution < 1.29 is 17.9 Å². The van der Waals surface area contributed by atoms with Crippen LogP contribution in [0, 0.1) is 0 Å². The quantitative estimate of drug-likeness (QED) is 0.884. The second-order valence-corrected chi connectivity index (χ2v) is 4.02. The molecule has 0 saturated carbocycles. The second-order valence-electron chi connectivity index (χ2n) is 4.02. The minimum Gasteiger partial charge on any atom is -0.496 e. The van der Waals surface area contributed by atoms with E-state index in [4.69, 9.17) is 10.5 Å². The van der Waals surface area contributed by atoms with Crippen molar-refractivity contribution in [2.75, 3.05) is 27.2 Å². The van der Waals surface area contributed by atoms with Gasteiger partial charge in [0.25, 0.3) is 0 Å². The molecule has 0 saturated heterocycles. The molecule has 2 N–H and O–H groups in total. The Kier molecular flexibility index (Phi) is 4.98. The third-order valence-electron chi connectivity index (χ3n) is 2.68. The Labute approximate surface area is 104 Å². The lowest BCUT2D eigenvalue weighted by Gasteiger charge is -2.29. The molecule has 0 aliphatic carbocycles. The van der Waals surface area contributed by atoms with Gasteiger partial charge in [-0.3, -0.25) is 4.90 Å². The number of hydrogen-bond donors (Lipinski definition) is 1. The molecule has 0 fully saturated rings. The van der Waals surface area contributed by atoms with Gasteiger partial charge < -0.3 is 10.5 Å². The number of methoxy groups -OCH3 is 1. The zero-order valence-corrected chi connectivity index (χ0v) is 10.4. The summed E-state index contributed by atoms with van der Waals surface area (Å²) in [6, 6.07) is 6.42. The molecule has 0 aromatic heterocycles. The maximum absolute atomic E-state index is 12.4. The van der Waals surface area contributed by atoms with Crippen LogP contribution in [0.1, 0.15) is 11.6 Å². The number of rotatable bonds is 5. The van der Waals surface area contributed by atoms with E-state index >= 15 is 0 Å². The van der Waals surface area contributed by atoms with Gasteiger partial charge in [0.05, 0.1) is 19.7 Å². The molecule has 1 unspecified atom stereocenters. The van der Waals surface area contributed by atoms with Gasteiger partial charge >= 0.3 is 6.18 Å². The van der Waals surface area contributed by atoms with E-state index in [1.807, 2.05) is 0 Å². The van der Waals surface area contributed by atoms with E-state index in [0.717, 1.165) is 0 Å². The van der Waals surface area contributed by atoms with Crippen LogP contribution in [0.25, 0.3) is 0 Å². The number of nitrogens with zero attached hydrogens (tertiary/aromatic N) is 1. The van der Waals surface area contributed by atoms with Crippen molar-refractivity contribution in [1.82, 2.24) is 4.90 Å². The van der Waals surface area contributed by atoms with Crippen LogP contribution in [0.4, 0.5) is 13.2 Å². The molecule has 3 nitrogen and oxygen atoms in total. The fourth-order valence-electron chi connectivity index (χ4n) is 1.88. The summed E-state index contributed by atoms with van der Waals surface area (Å²) in [4.78, 5) is 1.18.